The van der Waals surface area contributed by atoms with Gasteiger partial charge in [-0.25, -0.2) is 4.99 Å². The molecule has 0 aromatic heterocycles. The third-order valence-corrected chi connectivity index (χ3v) is 5.19. The third kappa shape index (κ3) is 4.64. The van der Waals surface area contributed by atoms with Gasteiger partial charge in [0.1, 0.15) is 5.75 Å². The van der Waals surface area contributed by atoms with Crippen LogP contribution in [0, 0.1) is 10.5 Å². The number of hydrogen-bond donors (Lipinski definition) is 1. The predicted octanol–water partition coefficient (Wildman–Crippen LogP) is 4.89. The van der Waals surface area contributed by atoms with Crippen molar-refractivity contribution in [3.63, 3.8) is 0 Å². The highest BCUT2D eigenvalue weighted by molar-refractivity contribution is 14.1. The maximum absolute atomic E-state index is 12.2. The van der Waals surface area contributed by atoms with Crippen LogP contribution in [0.5, 0.6) is 5.75 Å². The molecule has 1 aliphatic rings. The number of carbonyl (C=O) groups is 1. The summed E-state index contributed by atoms with van der Waals surface area (Å²) in [6, 6.07) is 13.7. The molecular weight excluding hydrogens is 447 g/mol. The van der Waals surface area contributed by atoms with Crippen molar-refractivity contribution in [3.8, 4) is 5.75 Å². The van der Waals surface area contributed by atoms with E-state index in [1.807, 2.05) is 62.4 Å². The Hall–Kier alpha value is -1.80. The van der Waals surface area contributed by atoms with Gasteiger partial charge in [-0.05, 0) is 89.7 Å². The topological polar surface area (TPSA) is 50.7 Å². The fourth-order valence-electron chi connectivity index (χ4n) is 2.33. The maximum atomic E-state index is 12.2. The van der Waals surface area contributed by atoms with Crippen molar-refractivity contribution in [2.45, 2.75) is 13.8 Å². The van der Waals surface area contributed by atoms with Gasteiger partial charge in [-0.15, -0.1) is 0 Å². The van der Waals surface area contributed by atoms with Gasteiger partial charge in [-0.2, -0.15) is 0 Å². The molecule has 1 N–H and O–H groups in total. The summed E-state index contributed by atoms with van der Waals surface area (Å²) in [4.78, 5) is 17.3. The highest BCUT2D eigenvalue weighted by atomic mass is 127. The molecule has 0 atom stereocenters. The molecule has 0 unspecified atom stereocenters. The van der Waals surface area contributed by atoms with Gasteiger partial charge < -0.3 is 10.1 Å². The van der Waals surface area contributed by atoms with Crippen LogP contribution in [0.15, 0.2) is 52.4 Å². The van der Waals surface area contributed by atoms with Gasteiger partial charge >= 0.3 is 0 Å². The number of rotatable bonds is 4. The molecule has 1 aliphatic heterocycles. The van der Waals surface area contributed by atoms with Crippen LogP contribution >= 0.6 is 34.4 Å². The number of benzene rings is 2. The summed E-state index contributed by atoms with van der Waals surface area (Å²) >= 11 is 3.59. The molecule has 1 amide bonds. The molecule has 1 saturated heterocycles. The molecule has 0 radical (unpaired) electrons. The third-order valence-electron chi connectivity index (χ3n) is 3.44. The second-order valence-electron chi connectivity index (χ2n) is 5.44. The lowest BCUT2D eigenvalue weighted by Crippen LogP contribution is -2.19. The Labute approximate surface area is 164 Å². The number of aryl methyl sites for hydroxylation is 1. The van der Waals surface area contributed by atoms with Gasteiger partial charge in [-0.1, -0.05) is 18.2 Å². The average molecular weight is 464 g/mol. The van der Waals surface area contributed by atoms with Crippen molar-refractivity contribution >= 4 is 57.2 Å². The molecule has 1 fully saturated rings. The molecule has 3 rings (SSSR count). The zero-order valence-corrected chi connectivity index (χ0v) is 16.8. The number of amidine groups is 1. The van der Waals surface area contributed by atoms with Gasteiger partial charge in [0.05, 0.1) is 20.8 Å². The minimum atomic E-state index is -0.125. The minimum Gasteiger partial charge on any atom is -0.493 e. The number of ether oxygens (including phenoxy) is 1. The second kappa shape index (κ2) is 8.05. The van der Waals surface area contributed by atoms with Gasteiger partial charge in [0.15, 0.2) is 5.17 Å². The highest BCUT2D eigenvalue weighted by Gasteiger charge is 2.23. The fourth-order valence-corrected chi connectivity index (χ4v) is 3.86. The Kier molecular flexibility index (Phi) is 5.80. The number of hydrogen-bond acceptors (Lipinski definition) is 4. The van der Waals surface area contributed by atoms with Crippen LogP contribution in [0.4, 0.5) is 5.69 Å². The molecule has 0 bridgehead atoms. The summed E-state index contributed by atoms with van der Waals surface area (Å²) in [5.41, 5.74) is 2.93. The zero-order valence-electron chi connectivity index (χ0n) is 13.9. The molecule has 0 spiro atoms. The van der Waals surface area contributed by atoms with Crippen LogP contribution in [-0.2, 0) is 4.79 Å². The lowest BCUT2D eigenvalue weighted by atomic mass is 10.2. The summed E-state index contributed by atoms with van der Waals surface area (Å²) in [6.45, 7) is 4.61. The number of carbonyl (C=O) groups excluding carboxylic acids is 1. The smallest absolute Gasteiger partial charge is 0.264 e. The molecule has 2 aromatic rings. The predicted molar refractivity (Wildman–Crippen MR) is 112 cm³/mol. The molecule has 2 aromatic carbocycles. The first-order valence-corrected chi connectivity index (χ1v) is 9.73. The van der Waals surface area contributed by atoms with Crippen molar-refractivity contribution in [1.29, 1.82) is 0 Å². The Morgan fingerprint density at radius 2 is 2.12 bits per heavy atom. The Morgan fingerprint density at radius 1 is 1.28 bits per heavy atom. The van der Waals surface area contributed by atoms with E-state index in [9.17, 15) is 4.79 Å². The van der Waals surface area contributed by atoms with E-state index in [2.05, 4.69) is 32.9 Å². The average Bonchev–Trinajstić information content (AvgIpc) is 2.89. The van der Waals surface area contributed by atoms with E-state index in [1.165, 1.54) is 11.8 Å². The monoisotopic (exact) mass is 464 g/mol. The maximum Gasteiger partial charge on any atom is 0.264 e. The Morgan fingerprint density at radius 3 is 2.84 bits per heavy atom. The zero-order chi connectivity index (χ0) is 17.8. The molecular formula is C19H17IN2O2S. The lowest BCUT2D eigenvalue weighted by molar-refractivity contribution is -0.115. The highest BCUT2D eigenvalue weighted by Crippen LogP contribution is 2.30. The molecule has 6 heteroatoms. The van der Waals surface area contributed by atoms with Gasteiger partial charge in [0.2, 0.25) is 0 Å². The summed E-state index contributed by atoms with van der Waals surface area (Å²) in [6.07, 6.45) is 1.87. The molecule has 128 valence electrons. The first-order chi connectivity index (χ1) is 12.0. The lowest BCUT2D eigenvalue weighted by Gasteiger charge is -2.06. The first kappa shape index (κ1) is 18.0. The van der Waals surface area contributed by atoms with Crippen molar-refractivity contribution in [2.24, 2.45) is 4.99 Å². The summed E-state index contributed by atoms with van der Waals surface area (Å²) in [7, 11) is 0. The van der Waals surface area contributed by atoms with Crippen LogP contribution in [0.25, 0.3) is 6.08 Å². The molecule has 0 saturated carbocycles. The molecule has 0 aliphatic carbocycles. The van der Waals surface area contributed by atoms with Crippen LogP contribution < -0.4 is 10.1 Å². The SMILES string of the molecule is CCOc1ccc(C=C2SC(=Nc3cccc(C)c3)NC2=O)cc1I. The van der Waals surface area contributed by atoms with E-state index >= 15 is 0 Å². The van der Waals surface area contributed by atoms with Gasteiger partial charge in [-0.3, -0.25) is 4.79 Å². The van der Waals surface area contributed by atoms with E-state index in [0.29, 0.717) is 16.7 Å². The Balaban J connectivity index is 1.80. The van der Waals surface area contributed by atoms with E-state index in [1.54, 1.807) is 0 Å². The van der Waals surface area contributed by atoms with Crippen LogP contribution in [0.2, 0.25) is 0 Å². The van der Waals surface area contributed by atoms with Crippen LogP contribution in [-0.4, -0.2) is 17.7 Å². The summed E-state index contributed by atoms with van der Waals surface area (Å²) in [5, 5.41) is 3.42. The molecule has 25 heavy (non-hydrogen) atoms. The number of thioether (sulfide) groups is 1. The van der Waals surface area contributed by atoms with Crippen LogP contribution in [0.1, 0.15) is 18.1 Å². The van der Waals surface area contributed by atoms with Gasteiger partial charge in [0, 0.05) is 0 Å². The van der Waals surface area contributed by atoms with Gasteiger partial charge in [0.25, 0.3) is 5.91 Å². The largest absolute Gasteiger partial charge is 0.493 e. The van der Waals surface area contributed by atoms with Crippen molar-refractivity contribution in [3.05, 3.63) is 62.1 Å². The van der Waals surface area contributed by atoms with Crippen molar-refractivity contribution in [2.75, 3.05) is 6.61 Å². The van der Waals surface area contributed by atoms with E-state index in [-0.39, 0.29) is 5.91 Å². The number of halogens is 1. The van der Waals surface area contributed by atoms with Crippen LogP contribution in [0.3, 0.4) is 0 Å². The van der Waals surface area contributed by atoms with Crippen molar-refractivity contribution < 1.29 is 9.53 Å². The number of aliphatic imine (C=N–C) groups is 1. The molecule has 1 heterocycles. The minimum absolute atomic E-state index is 0.125. The molecule has 4 nitrogen and oxygen atoms in total. The summed E-state index contributed by atoms with van der Waals surface area (Å²) < 4.78 is 6.56. The second-order valence-corrected chi connectivity index (χ2v) is 7.64. The standard InChI is InChI=1S/C19H17IN2O2S/c1-3-24-16-8-7-13(10-15(16)20)11-17-18(23)22-19(25-17)21-14-6-4-5-12(2)9-14/h4-11H,3H2,1-2H3,(H,21,22,23). The van der Waals surface area contributed by atoms with E-state index in [0.717, 1.165) is 26.1 Å². The number of nitrogens with zero attached hydrogens (tertiary/aromatic N) is 1. The van der Waals surface area contributed by atoms with E-state index < -0.39 is 0 Å². The Bertz CT molecular complexity index is 877. The fraction of sp³-hybridized carbons (Fsp3) is 0.158. The number of amides is 1. The number of nitrogens with one attached hydrogen (secondary N) is 1. The summed E-state index contributed by atoms with van der Waals surface area (Å²) in [5.74, 6) is 0.732. The normalized spacial score (nSPS) is 17.2. The van der Waals surface area contributed by atoms with Crippen molar-refractivity contribution in [1.82, 2.24) is 5.32 Å². The van der Waals surface area contributed by atoms with E-state index in [4.69, 9.17) is 4.74 Å². The first-order valence-electron chi connectivity index (χ1n) is 7.84. The quantitative estimate of drug-likeness (QED) is 0.518.